The molecule has 1 fully saturated rings. The molecule has 0 aliphatic carbocycles. The molecule has 0 spiro atoms. The zero-order chi connectivity index (χ0) is 10.8. The lowest BCUT2D eigenvalue weighted by Gasteiger charge is -2.42. The number of pyridine rings is 1. The van der Waals surface area contributed by atoms with Crippen LogP contribution in [0, 0.1) is 0 Å². The van der Waals surface area contributed by atoms with Crippen LogP contribution in [0.4, 0.5) is 0 Å². The Morgan fingerprint density at radius 3 is 2.80 bits per heavy atom. The molecule has 15 heavy (non-hydrogen) atoms. The molecule has 0 bridgehead atoms. The van der Waals surface area contributed by atoms with Gasteiger partial charge in [-0.05, 0) is 25.5 Å². The van der Waals surface area contributed by atoms with Gasteiger partial charge in [-0.1, -0.05) is 0 Å². The van der Waals surface area contributed by atoms with Gasteiger partial charge in [0.2, 0.25) is 5.88 Å². The second-order valence-corrected chi connectivity index (χ2v) is 4.38. The van der Waals surface area contributed by atoms with E-state index in [0.717, 1.165) is 19.0 Å². The summed E-state index contributed by atoms with van der Waals surface area (Å²) in [5.41, 5.74) is 1.35. The first-order chi connectivity index (χ1) is 7.20. The molecule has 0 N–H and O–H groups in total. The fourth-order valence-corrected chi connectivity index (χ4v) is 1.94. The number of hydrogen-bond acceptors (Lipinski definition) is 3. The van der Waals surface area contributed by atoms with Crippen molar-refractivity contribution in [2.24, 2.45) is 0 Å². The second-order valence-electron chi connectivity index (χ2n) is 4.38. The van der Waals surface area contributed by atoms with E-state index in [4.69, 9.17) is 4.74 Å². The van der Waals surface area contributed by atoms with Crippen molar-refractivity contribution >= 4 is 0 Å². The van der Waals surface area contributed by atoms with Crippen molar-refractivity contribution in [1.29, 1.82) is 0 Å². The maximum absolute atomic E-state index is 5.12. The van der Waals surface area contributed by atoms with Crippen molar-refractivity contribution in [3.63, 3.8) is 0 Å². The number of methoxy groups -OCH3 is 1. The predicted octanol–water partition coefficient (Wildman–Crippen LogP) is 1.90. The van der Waals surface area contributed by atoms with E-state index in [-0.39, 0.29) is 0 Å². The van der Waals surface area contributed by atoms with Crippen LogP contribution in [0.15, 0.2) is 18.3 Å². The Labute approximate surface area is 91.1 Å². The van der Waals surface area contributed by atoms with Gasteiger partial charge in [-0.15, -0.1) is 0 Å². The van der Waals surface area contributed by atoms with Crippen molar-refractivity contribution in [3.8, 4) is 5.88 Å². The summed E-state index contributed by atoms with van der Waals surface area (Å²) in [6, 6.07) is 4.79. The minimum absolute atomic E-state index is 0.657. The highest BCUT2D eigenvalue weighted by Gasteiger charge is 2.29. The van der Waals surface area contributed by atoms with Gasteiger partial charge in [0.25, 0.3) is 0 Å². The zero-order valence-corrected chi connectivity index (χ0v) is 9.60. The van der Waals surface area contributed by atoms with Crippen LogP contribution in [0.5, 0.6) is 5.88 Å². The summed E-state index contributed by atoms with van der Waals surface area (Å²) in [4.78, 5) is 6.59. The Morgan fingerprint density at radius 1 is 1.47 bits per heavy atom. The van der Waals surface area contributed by atoms with Crippen molar-refractivity contribution in [2.75, 3.05) is 20.2 Å². The topological polar surface area (TPSA) is 25.4 Å². The molecule has 1 aliphatic heterocycles. The van der Waals surface area contributed by atoms with Crippen LogP contribution in [0.25, 0.3) is 0 Å². The summed E-state index contributed by atoms with van der Waals surface area (Å²) in [5, 5.41) is 0. The summed E-state index contributed by atoms with van der Waals surface area (Å²) in [6.45, 7) is 6.79. The molecule has 1 aromatic rings. The van der Waals surface area contributed by atoms with Crippen molar-refractivity contribution in [1.82, 2.24) is 9.88 Å². The Kier molecular flexibility index (Phi) is 2.91. The molecular formula is C12H18N2O. The van der Waals surface area contributed by atoms with Gasteiger partial charge in [0, 0.05) is 37.3 Å². The van der Waals surface area contributed by atoms with Gasteiger partial charge >= 0.3 is 0 Å². The number of hydrogen-bond donors (Lipinski definition) is 0. The lowest BCUT2D eigenvalue weighted by Crippen LogP contribution is -2.48. The van der Waals surface area contributed by atoms with E-state index in [0.29, 0.717) is 12.0 Å². The highest BCUT2D eigenvalue weighted by Crippen LogP contribution is 2.29. The van der Waals surface area contributed by atoms with E-state index in [1.807, 2.05) is 12.3 Å². The lowest BCUT2D eigenvalue weighted by molar-refractivity contribution is 0.110. The third kappa shape index (κ3) is 2.12. The average molecular weight is 206 g/mol. The van der Waals surface area contributed by atoms with Crippen LogP contribution < -0.4 is 4.74 Å². The molecule has 1 aromatic heterocycles. The standard InChI is InChI=1S/C12H18N2O/c1-9(2)14-7-11(8-14)10-4-5-13-12(6-10)15-3/h4-6,9,11H,7-8H2,1-3H3. The summed E-state index contributed by atoms with van der Waals surface area (Å²) >= 11 is 0. The molecule has 2 heterocycles. The van der Waals surface area contributed by atoms with Crippen LogP contribution >= 0.6 is 0 Å². The third-order valence-corrected chi connectivity index (χ3v) is 3.08. The molecule has 2 rings (SSSR count). The SMILES string of the molecule is COc1cc(C2CN(C(C)C)C2)ccn1. The van der Waals surface area contributed by atoms with Gasteiger partial charge in [0.1, 0.15) is 0 Å². The van der Waals surface area contributed by atoms with E-state index in [9.17, 15) is 0 Å². The van der Waals surface area contributed by atoms with Crippen LogP contribution in [0.1, 0.15) is 25.3 Å². The molecular weight excluding hydrogens is 188 g/mol. The molecule has 82 valence electrons. The molecule has 3 heteroatoms. The van der Waals surface area contributed by atoms with Crippen molar-refractivity contribution in [3.05, 3.63) is 23.9 Å². The molecule has 1 aliphatic rings. The summed E-state index contributed by atoms with van der Waals surface area (Å²) < 4.78 is 5.12. The Bertz CT molecular complexity index is 332. The van der Waals surface area contributed by atoms with Crippen LogP contribution in [0.2, 0.25) is 0 Å². The van der Waals surface area contributed by atoms with E-state index >= 15 is 0 Å². The maximum atomic E-state index is 5.12. The van der Waals surface area contributed by atoms with E-state index in [1.54, 1.807) is 7.11 Å². The minimum Gasteiger partial charge on any atom is -0.481 e. The molecule has 0 aromatic carbocycles. The average Bonchev–Trinajstić information content (AvgIpc) is 2.15. The van der Waals surface area contributed by atoms with Crippen LogP contribution in [0.3, 0.4) is 0 Å². The molecule has 3 nitrogen and oxygen atoms in total. The Morgan fingerprint density at radius 2 is 2.20 bits per heavy atom. The van der Waals surface area contributed by atoms with Crippen LogP contribution in [-0.2, 0) is 0 Å². The van der Waals surface area contributed by atoms with Crippen LogP contribution in [-0.4, -0.2) is 36.1 Å². The number of likely N-dealkylation sites (tertiary alicyclic amines) is 1. The molecule has 0 amide bonds. The summed E-state index contributed by atoms with van der Waals surface area (Å²) in [6.07, 6.45) is 1.83. The highest BCUT2D eigenvalue weighted by molar-refractivity contribution is 5.26. The molecule has 0 atom stereocenters. The van der Waals surface area contributed by atoms with E-state index in [1.165, 1.54) is 5.56 Å². The Balaban J connectivity index is 2.00. The monoisotopic (exact) mass is 206 g/mol. The fraction of sp³-hybridized carbons (Fsp3) is 0.583. The molecule has 0 radical (unpaired) electrons. The van der Waals surface area contributed by atoms with Gasteiger partial charge in [-0.3, -0.25) is 4.90 Å². The van der Waals surface area contributed by atoms with Gasteiger partial charge in [0.05, 0.1) is 7.11 Å². The van der Waals surface area contributed by atoms with Gasteiger partial charge in [-0.25, -0.2) is 4.98 Å². The van der Waals surface area contributed by atoms with Gasteiger partial charge in [-0.2, -0.15) is 0 Å². The molecule has 0 unspecified atom stereocenters. The maximum Gasteiger partial charge on any atom is 0.213 e. The number of aromatic nitrogens is 1. The first-order valence-corrected chi connectivity index (χ1v) is 5.44. The first-order valence-electron chi connectivity index (χ1n) is 5.44. The Hall–Kier alpha value is -1.09. The van der Waals surface area contributed by atoms with E-state index < -0.39 is 0 Å². The van der Waals surface area contributed by atoms with Gasteiger partial charge < -0.3 is 4.74 Å². The molecule has 0 saturated carbocycles. The summed E-state index contributed by atoms with van der Waals surface area (Å²) in [7, 11) is 1.66. The van der Waals surface area contributed by atoms with Crippen molar-refractivity contribution in [2.45, 2.75) is 25.8 Å². The quantitative estimate of drug-likeness (QED) is 0.755. The largest absolute Gasteiger partial charge is 0.481 e. The van der Waals surface area contributed by atoms with Crippen molar-refractivity contribution < 1.29 is 4.74 Å². The van der Waals surface area contributed by atoms with Gasteiger partial charge in [0.15, 0.2) is 0 Å². The minimum atomic E-state index is 0.657. The molecule has 1 saturated heterocycles. The third-order valence-electron chi connectivity index (χ3n) is 3.08. The zero-order valence-electron chi connectivity index (χ0n) is 9.60. The highest BCUT2D eigenvalue weighted by atomic mass is 16.5. The number of rotatable bonds is 3. The fourth-order valence-electron chi connectivity index (χ4n) is 1.94. The lowest BCUT2D eigenvalue weighted by atomic mass is 9.91. The second kappa shape index (κ2) is 4.19. The number of ether oxygens (including phenoxy) is 1. The summed E-state index contributed by atoms with van der Waals surface area (Å²) in [5.74, 6) is 1.37. The number of nitrogens with zero attached hydrogens (tertiary/aromatic N) is 2. The normalized spacial score (nSPS) is 17.9. The smallest absolute Gasteiger partial charge is 0.213 e. The first kappa shape index (κ1) is 10.4. The van der Waals surface area contributed by atoms with E-state index in [2.05, 4.69) is 29.8 Å². The predicted molar refractivity (Wildman–Crippen MR) is 60.2 cm³/mol.